The van der Waals surface area contributed by atoms with Gasteiger partial charge in [-0.2, -0.15) is 18.3 Å². The molecule has 0 aliphatic rings. The van der Waals surface area contributed by atoms with Crippen LogP contribution in [-0.4, -0.2) is 25.8 Å². The van der Waals surface area contributed by atoms with E-state index in [1.165, 1.54) is 29.2 Å². The van der Waals surface area contributed by atoms with Crippen LogP contribution < -0.4 is 21.1 Å². The largest absolute Gasteiger partial charge is 0.439 e. The number of alkyl halides is 3. The summed E-state index contributed by atoms with van der Waals surface area (Å²) in [5.74, 6) is 1.31. The maximum Gasteiger partial charge on any atom is 0.416 e. The third-order valence-corrected chi connectivity index (χ3v) is 5.16. The van der Waals surface area contributed by atoms with Crippen LogP contribution >= 0.6 is 0 Å². The summed E-state index contributed by atoms with van der Waals surface area (Å²) in [4.78, 5) is 20.5. The maximum absolute atomic E-state index is 13.0. The summed E-state index contributed by atoms with van der Waals surface area (Å²) < 4.78 is 45.9. The number of hydrogen-bond acceptors (Lipinski definition) is 6. The predicted octanol–water partition coefficient (Wildman–Crippen LogP) is 6.00. The van der Waals surface area contributed by atoms with E-state index in [4.69, 9.17) is 10.5 Å². The maximum atomic E-state index is 13.0. The standard InChI is InChI=1S/C25H24F3N7O2/c1-24(2,3)19-12-21(35(34-19)17-8-4-15(5-9-17)25(26,27)28)33-23(36)32-16-6-10-18(11-7-16)37-22-13-20(29)30-14-31-22/h4-14H,1-3H3,(H2,29,30,31)(H2,32,33,36). The highest BCUT2D eigenvalue weighted by Crippen LogP contribution is 2.31. The van der Waals surface area contributed by atoms with Crippen LogP contribution in [0.3, 0.4) is 0 Å². The van der Waals surface area contributed by atoms with E-state index in [0.29, 0.717) is 28.6 Å². The zero-order chi connectivity index (χ0) is 26.8. The molecule has 0 spiro atoms. The van der Waals surface area contributed by atoms with Crippen LogP contribution in [0.15, 0.2) is 67.0 Å². The third-order valence-electron chi connectivity index (χ3n) is 5.16. The highest BCUT2D eigenvalue weighted by Gasteiger charge is 2.30. The van der Waals surface area contributed by atoms with Gasteiger partial charge in [0.15, 0.2) is 0 Å². The number of nitrogens with one attached hydrogen (secondary N) is 2. The molecule has 2 aromatic carbocycles. The molecule has 0 aliphatic carbocycles. The van der Waals surface area contributed by atoms with Crippen molar-refractivity contribution in [3.05, 3.63) is 78.2 Å². The number of nitrogens with zero attached hydrogens (tertiary/aromatic N) is 4. The summed E-state index contributed by atoms with van der Waals surface area (Å²) in [6.45, 7) is 5.82. The SMILES string of the molecule is CC(C)(C)c1cc(NC(=O)Nc2ccc(Oc3cc(N)ncn3)cc2)n(-c2ccc(C(F)(F)F)cc2)n1. The van der Waals surface area contributed by atoms with Gasteiger partial charge in [0.2, 0.25) is 5.88 Å². The quantitative estimate of drug-likeness (QED) is 0.302. The highest BCUT2D eigenvalue weighted by atomic mass is 19.4. The smallest absolute Gasteiger partial charge is 0.416 e. The van der Waals surface area contributed by atoms with E-state index < -0.39 is 17.8 Å². The molecule has 0 saturated carbocycles. The average Bonchev–Trinajstić information content (AvgIpc) is 3.24. The number of aromatic nitrogens is 4. The number of benzene rings is 2. The van der Waals surface area contributed by atoms with Crippen molar-refractivity contribution in [2.75, 3.05) is 16.4 Å². The summed E-state index contributed by atoms with van der Waals surface area (Å²) in [6, 6.07) is 13.7. The first kappa shape index (κ1) is 25.5. The minimum absolute atomic E-state index is 0.269. The van der Waals surface area contributed by atoms with Crippen molar-refractivity contribution in [1.82, 2.24) is 19.7 Å². The zero-order valence-corrected chi connectivity index (χ0v) is 20.2. The van der Waals surface area contributed by atoms with Crippen molar-refractivity contribution in [2.45, 2.75) is 32.4 Å². The van der Waals surface area contributed by atoms with Crippen molar-refractivity contribution in [2.24, 2.45) is 0 Å². The van der Waals surface area contributed by atoms with Gasteiger partial charge < -0.3 is 15.8 Å². The Balaban J connectivity index is 1.50. The fourth-order valence-corrected chi connectivity index (χ4v) is 3.24. The number of ether oxygens (including phenoxy) is 1. The van der Waals surface area contributed by atoms with E-state index in [0.717, 1.165) is 12.1 Å². The second kappa shape index (κ2) is 9.80. The Hall–Kier alpha value is -4.61. The number of hydrogen-bond donors (Lipinski definition) is 3. The number of anilines is 3. The minimum atomic E-state index is -4.46. The Bertz CT molecular complexity index is 1390. The average molecular weight is 512 g/mol. The van der Waals surface area contributed by atoms with Crippen LogP contribution in [0.4, 0.5) is 35.3 Å². The third kappa shape index (κ3) is 6.34. The van der Waals surface area contributed by atoms with Crippen molar-refractivity contribution in [3.63, 3.8) is 0 Å². The fraction of sp³-hybridized carbons (Fsp3) is 0.200. The Labute approximate surface area is 210 Å². The van der Waals surface area contributed by atoms with Gasteiger partial charge in [-0.05, 0) is 48.5 Å². The summed E-state index contributed by atoms with van der Waals surface area (Å²) in [6.07, 6.45) is -3.17. The van der Waals surface area contributed by atoms with E-state index in [1.54, 1.807) is 30.3 Å². The van der Waals surface area contributed by atoms with Crippen LogP contribution in [-0.2, 0) is 11.6 Å². The zero-order valence-electron chi connectivity index (χ0n) is 20.2. The molecule has 0 atom stereocenters. The Morgan fingerprint density at radius 3 is 2.22 bits per heavy atom. The van der Waals surface area contributed by atoms with Crippen molar-refractivity contribution < 1.29 is 22.7 Å². The number of rotatable bonds is 5. The molecular weight excluding hydrogens is 487 g/mol. The van der Waals surface area contributed by atoms with Gasteiger partial charge in [-0.15, -0.1) is 0 Å². The summed E-state index contributed by atoms with van der Waals surface area (Å²) >= 11 is 0. The molecule has 9 nitrogen and oxygen atoms in total. The first-order valence-electron chi connectivity index (χ1n) is 11.1. The number of urea groups is 1. The monoisotopic (exact) mass is 511 g/mol. The van der Waals surface area contributed by atoms with Crippen molar-refractivity contribution >= 4 is 23.4 Å². The lowest BCUT2D eigenvalue weighted by molar-refractivity contribution is -0.137. The summed E-state index contributed by atoms with van der Waals surface area (Å²) in [5.41, 5.74) is 5.96. The van der Waals surface area contributed by atoms with Crippen LogP contribution in [0, 0.1) is 0 Å². The molecule has 4 N–H and O–H groups in total. The highest BCUT2D eigenvalue weighted by molar-refractivity contribution is 5.99. The molecule has 192 valence electrons. The molecular formula is C25H24F3N7O2. The predicted molar refractivity (Wildman–Crippen MR) is 133 cm³/mol. The Morgan fingerprint density at radius 2 is 1.62 bits per heavy atom. The van der Waals surface area contributed by atoms with Gasteiger partial charge >= 0.3 is 12.2 Å². The van der Waals surface area contributed by atoms with Crippen LogP contribution in [0.5, 0.6) is 11.6 Å². The van der Waals surface area contributed by atoms with E-state index >= 15 is 0 Å². The molecule has 2 aromatic heterocycles. The lowest BCUT2D eigenvalue weighted by Crippen LogP contribution is -2.21. The van der Waals surface area contributed by atoms with Gasteiger partial charge in [0, 0.05) is 23.2 Å². The number of halogens is 3. The van der Waals surface area contributed by atoms with E-state index in [9.17, 15) is 18.0 Å². The molecule has 2 heterocycles. The normalized spacial score (nSPS) is 11.7. The first-order valence-corrected chi connectivity index (χ1v) is 11.1. The fourth-order valence-electron chi connectivity index (χ4n) is 3.24. The number of carbonyl (C=O) groups is 1. The van der Waals surface area contributed by atoms with Crippen molar-refractivity contribution in [3.8, 4) is 17.3 Å². The number of nitrogens with two attached hydrogens (primary N) is 1. The molecule has 0 bridgehead atoms. The molecule has 4 aromatic rings. The van der Waals surface area contributed by atoms with E-state index in [1.807, 2.05) is 20.8 Å². The molecule has 37 heavy (non-hydrogen) atoms. The van der Waals surface area contributed by atoms with Crippen LogP contribution in [0.1, 0.15) is 32.0 Å². The Kier molecular flexibility index (Phi) is 6.75. The molecule has 0 fully saturated rings. The molecule has 0 radical (unpaired) electrons. The summed E-state index contributed by atoms with van der Waals surface area (Å²) in [5, 5.41) is 9.95. The second-order valence-corrected chi connectivity index (χ2v) is 9.11. The molecule has 4 rings (SSSR count). The van der Waals surface area contributed by atoms with E-state index in [-0.39, 0.29) is 17.1 Å². The van der Waals surface area contributed by atoms with Crippen LogP contribution in [0.25, 0.3) is 5.69 Å². The second-order valence-electron chi connectivity index (χ2n) is 9.11. The van der Waals surface area contributed by atoms with Gasteiger partial charge in [-0.3, -0.25) is 5.32 Å². The molecule has 0 saturated heterocycles. The number of carbonyl (C=O) groups excluding carboxylic acids is 1. The number of amides is 2. The number of nitrogen functional groups attached to an aromatic ring is 1. The first-order chi connectivity index (χ1) is 17.4. The van der Waals surface area contributed by atoms with Gasteiger partial charge in [-0.25, -0.2) is 19.4 Å². The molecule has 12 heteroatoms. The van der Waals surface area contributed by atoms with Crippen LogP contribution in [0.2, 0.25) is 0 Å². The lowest BCUT2D eigenvalue weighted by Gasteiger charge is -2.14. The van der Waals surface area contributed by atoms with Gasteiger partial charge in [0.25, 0.3) is 0 Å². The Morgan fingerprint density at radius 1 is 0.946 bits per heavy atom. The molecule has 0 aliphatic heterocycles. The molecule has 2 amide bonds. The van der Waals surface area contributed by atoms with Crippen molar-refractivity contribution in [1.29, 1.82) is 0 Å². The van der Waals surface area contributed by atoms with Gasteiger partial charge in [0.1, 0.15) is 23.7 Å². The topological polar surface area (TPSA) is 120 Å². The molecule has 0 unspecified atom stereocenters. The lowest BCUT2D eigenvalue weighted by atomic mass is 9.92. The van der Waals surface area contributed by atoms with Gasteiger partial charge in [0.05, 0.1) is 16.9 Å². The minimum Gasteiger partial charge on any atom is -0.439 e. The van der Waals surface area contributed by atoms with E-state index in [2.05, 4.69) is 25.7 Å². The summed E-state index contributed by atoms with van der Waals surface area (Å²) in [7, 11) is 0. The van der Waals surface area contributed by atoms with Gasteiger partial charge in [-0.1, -0.05) is 20.8 Å².